The Kier molecular flexibility index (Phi) is 7.03. The molecule has 2 N–H and O–H groups in total. The lowest BCUT2D eigenvalue weighted by Gasteiger charge is -2.29. The van der Waals surface area contributed by atoms with Crippen molar-refractivity contribution in [3.05, 3.63) is 62.4 Å². The molecule has 2 atom stereocenters. The highest BCUT2D eigenvalue weighted by atomic mass is 35.5. The minimum atomic E-state index is -0.972. The molecule has 3 heterocycles. The molecule has 3 aromatic rings. The zero-order chi connectivity index (χ0) is 25.5. The van der Waals surface area contributed by atoms with E-state index in [1.54, 1.807) is 12.1 Å². The fourth-order valence-electron chi connectivity index (χ4n) is 4.97. The molecule has 2 aromatic carbocycles. The minimum Gasteiger partial charge on any atom is -0.489 e. The second kappa shape index (κ2) is 10.4. The third-order valence-electron chi connectivity index (χ3n) is 7.06. The molecule has 10 heteroatoms. The number of benzene rings is 2. The van der Waals surface area contributed by atoms with Crippen LogP contribution in [0.1, 0.15) is 48.5 Å². The van der Waals surface area contributed by atoms with Crippen LogP contribution in [-0.2, 0) is 16.2 Å². The van der Waals surface area contributed by atoms with Crippen molar-refractivity contribution in [2.45, 2.75) is 50.5 Å². The number of aliphatic hydroxyl groups is 1. The van der Waals surface area contributed by atoms with E-state index >= 15 is 0 Å². The number of hydrogen-bond acceptors (Lipinski definition) is 7. The van der Waals surface area contributed by atoms with Gasteiger partial charge in [-0.3, -0.25) is 4.79 Å². The van der Waals surface area contributed by atoms with Crippen molar-refractivity contribution in [3.63, 3.8) is 0 Å². The van der Waals surface area contributed by atoms with Gasteiger partial charge < -0.3 is 24.9 Å². The molecule has 194 valence electrons. The molecule has 1 amide bonds. The Morgan fingerprint density at radius 3 is 2.78 bits per heavy atom. The number of oxime groups is 1. The molecule has 37 heavy (non-hydrogen) atoms. The third kappa shape index (κ3) is 5.31. The lowest BCUT2D eigenvalue weighted by Crippen LogP contribution is -2.49. The molecule has 2 unspecified atom stereocenters. The second-order valence-corrected chi connectivity index (χ2v) is 11.9. The van der Waals surface area contributed by atoms with Crippen molar-refractivity contribution in [3.8, 4) is 5.75 Å². The van der Waals surface area contributed by atoms with Crippen LogP contribution in [0.15, 0.2) is 41.6 Å². The van der Waals surface area contributed by atoms with Crippen LogP contribution in [0.2, 0.25) is 9.36 Å². The molecule has 0 radical (unpaired) electrons. The van der Waals surface area contributed by atoms with Gasteiger partial charge in [0.15, 0.2) is 5.71 Å². The van der Waals surface area contributed by atoms with Gasteiger partial charge >= 0.3 is 0 Å². The van der Waals surface area contributed by atoms with E-state index < -0.39 is 18.1 Å². The number of carbonyl (C=O) groups excluding carboxylic acids is 1. The van der Waals surface area contributed by atoms with Crippen LogP contribution in [0.25, 0.3) is 10.1 Å². The summed E-state index contributed by atoms with van der Waals surface area (Å²) in [5.41, 5.74) is 2.42. The zero-order valence-corrected chi connectivity index (χ0v) is 22.4. The minimum absolute atomic E-state index is 0.192. The SMILES string of the molecule is O=C(NC(CN1CCCC1)C(O)c1ccc(OC2CC2)c(Cl)c1)C1=NOCc2c1ccc1cc(Cl)sc21. The van der Waals surface area contributed by atoms with Crippen LogP contribution in [0, 0.1) is 0 Å². The highest BCUT2D eigenvalue weighted by Gasteiger charge is 2.32. The van der Waals surface area contributed by atoms with Crippen molar-refractivity contribution in [1.82, 2.24) is 10.2 Å². The first-order valence-electron chi connectivity index (χ1n) is 12.5. The van der Waals surface area contributed by atoms with Crippen LogP contribution in [0.3, 0.4) is 0 Å². The molecule has 1 saturated carbocycles. The number of nitrogens with zero attached hydrogens (tertiary/aromatic N) is 2. The van der Waals surface area contributed by atoms with Crippen molar-refractivity contribution < 1.29 is 19.5 Å². The number of likely N-dealkylation sites (tertiary alicyclic amines) is 1. The third-order valence-corrected chi connectivity index (χ3v) is 8.70. The van der Waals surface area contributed by atoms with Crippen LogP contribution >= 0.6 is 34.5 Å². The first kappa shape index (κ1) is 24.9. The Bertz CT molecular complexity index is 1370. The number of carbonyl (C=O) groups is 1. The number of aliphatic hydroxyl groups excluding tert-OH is 1. The summed E-state index contributed by atoms with van der Waals surface area (Å²) in [5, 5.41) is 20.0. The maximum Gasteiger partial charge on any atom is 0.274 e. The molecule has 1 saturated heterocycles. The predicted molar refractivity (Wildman–Crippen MR) is 146 cm³/mol. The molecule has 0 spiro atoms. The van der Waals surface area contributed by atoms with Crippen molar-refractivity contribution in [1.29, 1.82) is 0 Å². The highest BCUT2D eigenvalue weighted by molar-refractivity contribution is 7.22. The molecular weight excluding hydrogens is 533 g/mol. The van der Waals surface area contributed by atoms with Crippen LogP contribution < -0.4 is 10.1 Å². The van der Waals surface area contributed by atoms with Gasteiger partial charge in [0.25, 0.3) is 5.91 Å². The highest BCUT2D eigenvalue weighted by Crippen LogP contribution is 2.36. The number of hydrogen-bond donors (Lipinski definition) is 2. The maximum atomic E-state index is 13.6. The van der Waals surface area contributed by atoms with Gasteiger partial charge in [-0.25, -0.2) is 0 Å². The summed E-state index contributed by atoms with van der Waals surface area (Å²) in [6, 6.07) is 10.5. The Morgan fingerprint density at radius 1 is 1.22 bits per heavy atom. The summed E-state index contributed by atoms with van der Waals surface area (Å²) in [7, 11) is 0. The lowest BCUT2D eigenvalue weighted by molar-refractivity contribution is -0.116. The van der Waals surface area contributed by atoms with E-state index in [9.17, 15) is 9.90 Å². The summed E-state index contributed by atoms with van der Waals surface area (Å²) in [6.07, 6.45) is 3.52. The summed E-state index contributed by atoms with van der Waals surface area (Å²) in [4.78, 5) is 21.3. The second-order valence-electron chi connectivity index (χ2n) is 9.81. The smallest absolute Gasteiger partial charge is 0.274 e. The Hall–Kier alpha value is -2.36. The molecule has 7 nitrogen and oxygen atoms in total. The molecule has 1 aliphatic carbocycles. The number of nitrogens with one attached hydrogen (secondary N) is 1. The standard InChI is InChI=1S/C27H27Cl2N3O4S/c28-20-11-15(4-8-22(20)36-17-5-6-17)25(33)21(13-32-9-1-2-10-32)30-27(34)24-18-7-3-16-12-23(29)37-26(16)19(18)14-35-31-24/h3-4,7-8,11-12,17,21,25,33H,1-2,5-6,9-10,13-14H2,(H,30,34). The number of amides is 1. The van der Waals surface area contributed by atoms with Gasteiger partial charge in [0.2, 0.25) is 0 Å². The molecule has 3 aliphatic rings. The number of thiophene rings is 1. The Labute approximate surface area is 228 Å². The van der Waals surface area contributed by atoms with E-state index in [4.69, 9.17) is 32.8 Å². The average Bonchev–Trinajstić information content (AvgIpc) is 3.39. The number of halogens is 2. The zero-order valence-electron chi connectivity index (χ0n) is 20.1. The molecule has 6 rings (SSSR count). The Morgan fingerprint density at radius 2 is 2.03 bits per heavy atom. The Balaban J connectivity index is 1.25. The number of ether oxygens (including phenoxy) is 1. The fourth-order valence-corrected chi connectivity index (χ4v) is 6.47. The van der Waals surface area contributed by atoms with Crippen molar-refractivity contribution >= 4 is 56.2 Å². The van der Waals surface area contributed by atoms with Gasteiger partial charge in [0.05, 0.1) is 21.5 Å². The predicted octanol–water partition coefficient (Wildman–Crippen LogP) is 5.30. The molecule has 1 aromatic heterocycles. The van der Waals surface area contributed by atoms with Gasteiger partial charge in [0.1, 0.15) is 18.5 Å². The van der Waals surface area contributed by atoms with Gasteiger partial charge in [0, 0.05) is 22.4 Å². The summed E-state index contributed by atoms with van der Waals surface area (Å²) < 4.78 is 7.50. The fraction of sp³-hybridized carbons (Fsp3) is 0.407. The van der Waals surface area contributed by atoms with Crippen molar-refractivity contribution in [2.24, 2.45) is 5.16 Å². The van der Waals surface area contributed by atoms with E-state index in [0.717, 1.165) is 54.4 Å². The van der Waals surface area contributed by atoms with E-state index in [1.165, 1.54) is 11.3 Å². The number of rotatable bonds is 8. The normalized spacial score (nSPS) is 19.2. The molecular formula is C27H27Cl2N3O4S. The quantitative estimate of drug-likeness (QED) is 0.391. The molecule has 2 aliphatic heterocycles. The average molecular weight is 561 g/mol. The lowest BCUT2D eigenvalue weighted by atomic mass is 9.98. The van der Waals surface area contributed by atoms with Crippen LogP contribution in [0.4, 0.5) is 0 Å². The van der Waals surface area contributed by atoms with Gasteiger partial charge in [-0.05, 0) is 67.9 Å². The van der Waals surface area contributed by atoms with E-state index in [0.29, 0.717) is 32.8 Å². The van der Waals surface area contributed by atoms with Gasteiger partial charge in [-0.1, -0.05) is 46.6 Å². The van der Waals surface area contributed by atoms with E-state index in [-0.39, 0.29) is 18.4 Å². The van der Waals surface area contributed by atoms with Gasteiger partial charge in [-0.2, -0.15) is 0 Å². The summed E-state index contributed by atoms with van der Waals surface area (Å²) in [6.45, 7) is 2.63. The monoisotopic (exact) mass is 559 g/mol. The van der Waals surface area contributed by atoms with E-state index in [1.807, 2.05) is 24.3 Å². The van der Waals surface area contributed by atoms with E-state index in [2.05, 4.69) is 15.4 Å². The van der Waals surface area contributed by atoms with Crippen LogP contribution in [-0.4, -0.2) is 53.4 Å². The summed E-state index contributed by atoms with van der Waals surface area (Å²) in [5.74, 6) is 0.219. The van der Waals surface area contributed by atoms with Gasteiger partial charge in [-0.15, -0.1) is 11.3 Å². The summed E-state index contributed by atoms with van der Waals surface area (Å²) >= 11 is 14.2. The molecule has 0 bridgehead atoms. The maximum absolute atomic E-state index is 13.6. The van der Waals surface area contributed by atoms with Crippen LogP contribution in [0.5, 0.6) is 5.75 Å². The van der Waals surface area contributed by atoms with Crippen molar-refractivity contribution in [2.75, 3.05) is 19.6 Å². The first-order valence-corrected chi connectivity index (χ1v) is 14.1. The largest absolute Gasteiger partial charge is 0.489 e. The number of fused-ring (bicyclic) bond motifs is 3. The first-order chi connectivity index (χ1) is 18.0. The topological polar surface area (TPSA) is 83.4 Å². The molecule has 2 fully saturated rings.